The highest BCUT2D eigenvalue weighted by Gasteiger charge is 2.01. The normalized spacial score (nSPS) is 10.1. The molecule has 2 aromatic rings. The maximum absolute atomic E-state index is 5.67. The number of rotatable bonds is 2. The Hall–Kier alpha value is -2.10. The van der Waals surface area contributed by atoms with Gasteiger partial charge in [-0.3, -0.25) is 4.98 Å². The number of hydrogen-bond acceptors (Lipinski definition) is 4. The van der Waals surface area contributed by atoms with Gasteiger partial charge in [0.05, 0.1) is 17.6 Å². The van der Waals surface area contributed by atoms with Gasteiger partial charge in [0, 0.05) is 11.8 Å². The van der Waals surface area contributed by atoms with Gasteiger partial charge in [0.25, 0.3) is 0 Å². The second-order valence-corrected chi connectivity index (χ2v) is 3.56. The van der Waals surface area contributed by atoms with Gasteiger partial charge in [0.15, 0.2) is 0 Å². The first-order valence-corrected chi connectivity index (χ1v) is 4.99. The lowest BCUT2D eigenvalue weighted by Crippen LogP contribution is -1.95. The highest BCUT2D eigenvalue weighted by atomic mass is 16.5. The van der Waals surface area contributed by atoms with Crippen molar-refractivity contribution < 1.29 is 4.74 Å². The van der Waals surface area contributed by atoms with E-state index in [9.17, 15) is 0 Å². The van der Waals surface area contributed by atoms with Crippen LogP contribution < -0.4 is 10.5 Å². The molecule has 0 aromatic carbocycles. The van der Waals surface area contributed by atoms with Gasteiger partial charge in [-0.2, -0.15) is 0 Å². The molecule has 0 aliphatic heterocycles. The summed E-state index contributed by atoms with van der Waals surface area (Å²) in [6, 6.07) is 7.26. The van der Waals surface area contributed by atoms with E-state index in [4.69, 9.17) is 10.5 Å². The summed E-state index contributed by atoms with van der Waals surface area (Å²) in [4.78, 5) is 8.35. The summed E-state index contributed by atoms with van der Waals surface area (Å²) in [5, 5.41) is 0. The first kappa shape index (κ1) is 10.4. The van der Waals surface area contributed by atoms with Crippen LogP contribution in [0.2, 0.25) is 0 Å². The second kappa shape index (κ2) is 4.18. The molecule has 2 heterocycles. The fraction of sp³-hybridized carbons (Fsp3) is 0.167. The molecule has 0 aliphatic rings. The summed E-state index contributed by atoms with van der Waals surface area (Å²) >= 11 is 0. The summed E-state index contributed by atoms with van der Waals surface area (Å²) in [5.41, 5.74) is 8.05. The number of hydrogen-bond donors (Lipinski definition) is 1. The van der Waals surface area contributed by atoms with E-state index in [1.165, 1.54) is 0 Å². The Kier molecular flexibility index (Phi) is 2.72. The summed E-state index contributed by atoms with van der Waals surface area (Å²) in [5.74, 6) is 1.19. The standard InChI is InChI=1S/C12H13N3O/c1-8-3-4-10(7-14-8)16-12-6-5-11(13)9(2)15-12/h3-7H,13H2,1-2H3. The third-order valence-electron chi connectivity index (χ3n) is 2.21. The minimum absolute atomic E-state index is 0.525. The molecule has 0 saturated carbocycles. The van der Waals surface area contributed by atoms with E-state index >= 15 is 0 Å². The first-order chi connectivity index (χ1) is 7.65. The molecule has 4 heteroatoms. The summed E-state index contributed by atoms with van der Waals surface area (Å²) < 4.78 is 5.54. The van der Waals surface area contributed by atoms with E-state index in [0.717, 1.165) is 11.4 Å². The Bertz CT molecular complexity index is 494. The van der Waals surface area contributed by atoms with Crippen LogP contribution in [0.15, 0.2) is 30.5 Å². The van der Waals surface area contributed by atoms with Gasteiger partial charge in [0.2, 0.25) is 5.88 Å². The van der Waals surface area contributed by atoms with Gasteiger partial charge in [-0.1, -0.05) is 0 Å². The van der Waals surface area contributed by atoms with Crippen molar-refractivity contribution in [3.8, 4) is 11.6 Å². The Balaban J connectivity index is 2.20. The molecule has 2 rings (SSSR count). The fourth-order valence-electron chi connectivity index (χ4n) is 1.24. The molecule has 0 amide bonds. The van der Waals surface area contributed by atoms with Gasteiger partial charge in [-0.25, -0.2) is 4.98 Å². The highest BCUT2D eigenvalue weighted by molar-refractivity contribution is 5.44. The Labute approximate surface area is 94.1 Å². The first-order valence-electron chi connectivity index (χ1n) is 4.99. The van der Waals surface area contributed by atoms with Crippen LogP contribution in [0.4, 0.5) is 5.69 Å². The zero-order valence-corrected chi connectivity index (χ0v) is 9.27. The number of nitrogen functional groups attached to an aromatic ring is 1. The average Bonchev–Trinajstić information content (AvgIpc) is 2.27. The molecule has 0 saturated heterocycles. The number of aromatic nitrogens is 2. The molecule has 0 aliphatic carbocycles. The van der Waals surface area contributed by atoms with Crippen molar-refractivity contribution in [2.75, 3.05) is 5.73 Å². The summed E-state index contributed by atoms with van der Waals surface area (Å²) in [6.45, 7) is 3.77. The number of nitrogens with zero attached hydrogens (tertiary/aromatic N) is 2. The molecular weight excluding hydrogens is 202 g/mol. The zero-order chi connectivity index (χ0) is 11.5. The Morgan fingerprint density at radius 2 is 1.94 bits per heavy atom. The number of aryl methyl sites for hydroxylation is 2. The monoisotopic (exact) mass is 215 g/mol. The maximum atomic E-state index is 5.67. The lowest BCUT2D eigenvalue weighted by atomic mass is 10.3. The third kappa shape index (κ3) is 2.28. The molecule has 0 atom stereocenters. The van der Waals surface area contributed by atoms with E-state index in [1.54, 1.807) is 18.3 Å². The molecule has 16 heavy (non-hydrogen) atoms. The Morgan fingerprint density at radius 3 is 2.56 bits per heavy atom. The van der Waals surface area contributed by atoms with E-state index < -0.39 is 0 Å². The predicted octanol–water partition coefficient (Wildman–Crippen LogP) is 2.47. The van der Waals surface area contributed by atoms with Crippen molar-refractivity contribution >= 4 is 5.69 Å². The van der Waals surface area contributed by atoms with Crippen LogP contribution in [0.3, 0.4) is 0 Å². The van der Waals surface area contributed by atoms with Gasteiger partial charge in [-0.15, -0.1) is 0 Å². The number of pyridine rings is 2. The molecule has 0 unspecified atom stereocenters. The molecule has 82 valence electrons. The lowest BCUT2D eigenvalue weighted by molar-refractivity contribution is 0.459. The minimum atomic E-state index is 0.525. The van der Waals surface area contributed by atoms with Gasteiger partial charge in [0.1, 0.15) is 5.75 Å². The van der Waals surface area contributed by atoms with Crippen LogP contribution in [0, 0.1) is 13.8 Å². The molecule has 0 spiro atoms. The highest BCUT2D eigenvalue weighted by Crippen LogP contribution is 2.20. The molecule has 0 fully saturated rings. The van der Waals surface area contributed by atoms with Gasteiger partial charge < -0.3 is 10.5 Å². The summed E-state index contributed by atoms with van der Waals surface area (Å²) in [7, 11) is 0. The van der Waals surface area contributed by atoms with E-state index in [0.29, 0.717) is 17.3 Å². The van der Waals surface area contributed by atoms with Crippen LogP contribution in [-0.4, -0.2) is 9.97 Å². The van der Waals surface area contributed by atoms with Crippen molar-refractivity contribution in [1.82, 2.24) is 9.97 Å². The lowest BCUT2D eigenvalue weighted by Gasteiger charge is -2.06. The minimum Gasteiger partial charge on any atom is -0.437 e. The van der Waals surface area contributed by atoms with E-state index in [-0.39, 0.29) is 0 Å². The molecule has 0 radical (unpaired) electrons. The molecular formula is C12H13N3O. The van der Waals surface area contributed by atoms with Crippen LogP contribution in [-0.2, 0) is 0 Å². The van der Waals surface area contributed by atoms with Crippen molar-refractivity contribution in [3.05, 3.63) is 41.9 Å². The topological polar surface area (TPSA) is 61.0 Å². The number of ether oxygens (including phenoxy) is 1. The van der Waals surface area contributed by atoms with E-state index in [2.05, 4.69) is 9.97 Å². The fourth-order valence-corrected chi connectivity index (χ4v) is 1.24. The number of anilines is 1. The quantitative estimate of drug-likeness (QED) is 0.835. The SMILES string of the molecule is Cc1ccc(Oc2ccc(N)c(C)n2)cn1. The van der Waals surface area contributed by atoms with Gasteiger partial charge in [-0.05, 0) is 32.0 Å². The smallest absolute Gasteiger partial charge is 0.219 e. The van der Waals surface area contributed by atoms with Crippen LogP contribution in [0.1, 0.15) is 11.4 Å². The maximum Gasteiger partial charge on any atom is 0.219 e. The zero-order valence-electron chi connectivity index (χ0n) is 9.27. The van der Waals surface area contributed by atoms with Crippen molar-refractivity contribution in [2.24, 2.45) is 0 Å². The molecule has 4 nitrogen and oxygen atoms in total. The van der Waals surface area contributed by atoms with E-state index in [1.807, 2.05) is 26.0 Å². The molecule has 2 aromatic heterocycles. The molecule has 0 bridgehead atoms. The van der Waals surface area contributed by atoms with Crippen LogP contribution >= 0.6 is 0 Å². The van der Waals surface area contributed by atoms with Gasteiger partial charge >= 0.3 is 0 Å². The second-order valence-electron chi connectivity index (χ2n) is 3.56. The molecule has 2 N–H and O–H groups in total. The summed E-state index contributed by atoms with van der Waals surface area (Å²) in [6.07, 6.45) is 1.67. The Morgan fingerprint density at radius 1 is 1.12 bits per heavy atom. The number of nitrogens with two attached hydrogens (primary N) is 1. The third-order valence-corrected chi connectivity index (χ3v) is 2.21. The predicted molar refractivity (Wildman–Crippen MR) is 62.4 cm³/mol. The van der Waals surface area contributed by atoms with Crippen molar-refractivity contribution in [1.29, 1.82) is 0 Å². The average molecular weight is 215 g/mol. The van der Waals surface area contributed by atoms with Crippen LogP contribution in [0.25, 0.3) is 0 Å². The van der Waals surface area contributed by atoms with Crippen LogP contribution in [0.5, 0.6) is 11.6 Å². The largest absolute Gasteiger partial charge is 0.437 e. The van der Waals surface area contributed by atoms with Crippen molar-refractivity contribution in [3.63, 3.8) is 0 Å². The van der Waals surface area contributed by atoms with Crippen molar-refractivity contribution in [2.45, 2.75) is 13.8 Å².